The molecule has 7 amide bonds. The van der Waals surface area contributed by atoms with E-state index in [1.54, 1.807) is 48.5 Å². The molecule has 272 valence electrons. The summed E-state index contributed by atoms with van der Waals surface area (Å²) >= 11 is 5.91. The molecule has 2 fully saturated rings. The summed E-state index contributed by atoms with van der Waals surface area (Å²) in [4.78, 5) is 78.5. The third-order valence-electron chi connectivity index (χ3n) is 7.52. The molecule has 14 N–H and O–H groups in total. The van der Waals surface area contributed by atoms with E-state index in [0.29, 0.717) is 28.8 Å². The maximum absolute atomic E-state index is 13.7. The highest BCUT2D eigenvalue weighted by Gasteiger charge is 2.35. The van der Waals surface area contributed by atoms with E-state index in [2.05, 4.69) is 47.9 Å². The second-order valence-electron chi connectivity index (χ2n) is 11.4. The summed E-state index contributed by atoms with van der Waals surface area (Å²) in [5, 5.41) is 31.1. The first kappa shape index (κ1) is 37.9. The highest BCUT2D eigenvalue weighted by molar-refractivity contribution is 6.30. The van der Waals surface area contributed by atoms with Crippen molar-refractivity contribution in [2.24, 2.45) is 11.5 Å². The number of ether oxygens (including phenoxy) is 1. The van der Waals surface area contributed by atoms with Crippen molar-refractivity contribution in [2.75, 3.05) is 25.0 Å². The number of carbonyl (C=O) groups excluding carboxylic acids is 6. The molecule has 51 heavy (non-hydrogen) atoms. The Morgan fingerprint density at radius 3 is 2.24 bits per heavy atom. The summed E-state index contributed by atoms with van der Waals surface area (Å²) in [6.45, 7) is 0.866. The van der Waals surface area contributed by atoms with Crippen LogP contribution in [-0.4, -0.2) is 91.4 Å². The second-order valence-corrected chi connectivity index (χ2v) is 11.8. The molecule has 0 spiro atoms. The van der Waals surface area contributed by atoms with E-state index < -0.39 is 78.0 Å². The first-order valence-corrected chi connectivity index (χ1v) is 16.1. The molecular weight excluding hydrogens is 688 g/mol. The van der Waals surface area contributed by atoms with Crippen molar-refractivity contribution >= 4 is 58.8 Å². The number of amides is 7. The normalized spacial score (nSPS) is 24.4. The van der Waals surface area contributed by atoms with Crippen LogP contribution in [0, 0.1) is 5.41 Å². The van der Waals surface area contributed by atoms with Gasteiger partial charge in [0.2, 0.25) is 23.6 Å². The van der Waals surface area contributed by atoms with E-state index >= 15 is 0 Å². The van der Waals surface area contributed by atoms with Gasteiger partial charge in [0.25, 0.3) is 5.91 Å². The highest BCUT2D eigenvalue weighted by atomic mass is 35.5. The number of benzene rings is 2. The molecule has 2 aromatic rings. The van der Waals surface area contributed by atoms with E-state index in [4.69, 9.17) is 33.2 Å². The van der Waals surface area contributed by atoms with Crippen LogP contribution in [0.5, 0.6) is 11.5 Å². The zero-order valence-corrected chi connectivity index (χ0v) is 28.1. The first-order chi connectivity index (χ1) is 24.3. The topological polar surface area (TPSA) is 296 Å². The number of hydrogen-bond donors (Lipinski definition) is 12. The Bertz CT molecular complexity index is 1670. The van der Waals surface area contributed by atoms with Gasteiger partial charge >= 0.3 is 6.03 Å². The Morgan fingerprint density at radius 1 is 0.922 bits per heavy atom. The number of nitrogens with one attached hydrogen (secondary N) is 10. The van der Waals surface area contributed by atoms with Crippen LogP contribution in [0.1, 0.15) is 13.3 Å². The average Bonchev–Trinajstić information content (AvgIpc) is 3.11. The molecule has 2 aliphatic rings. The molecule has 0 bridgehead atoms. The highest BCUT2D eigenvalue weighted by Crippen LogP contribution is 2.24. The summed E-state index contributed by atoms with van der Waals surface area (Å²) in [5.41, 5.74) is 11.5. The van der Waals surface area contributed by atoms with E-state index in [-0.39, 0.29) is 18.9 Å². The minimum absolute atomic E-state index is 0.0981. The Morgan fingerprint density at radius 2 is 1.59 bits per heavy atom. The zero-order valence-electron chi connectivity index (χ0n) is 27.3. The van der Waals surface area contributed by atoms with Crippen molar-refractivity contribution in [3.63, 3.8) is 0 Å². The van der Waals surface area contributed by atoms with Gasteiger partial charge in [0.1, 0.15) is 41.4 Å². The van der Waals surface area contributed by atoms with Crippen LogP contribution >= 0.6 is 11.6 Å². The fourth-order valence-electron chi connectivity index (χ4n) is 4.73. The Balaban J connectivity index is 1.55. The second kappa shape index (κ2) is 17.7. The monoisotopic (exact) mass is 726 g/mol. The van der Waals surface area contributed by atoms with Crippen LogP contribution in [0.2, 0.25) is 5.02 Å². The van der Waals surface area contributed by atoms with Gasteiger partial charge < -0.3 is 64.1 Å². The third-order valence-corrected chi connectivity index (χ3v) is 7.78. The van der Waals surface area contributed by atoms with Gasteiger partial charge in [0, 0.05) is 36.5 Å². The maximum Gasteiger partial charge on any atom is 0.323 e. The van der Waals surface area contributed by atoms with Crippen LogP contribution < -0.4 is 64.1 Å². The molecule has 5 atom stereocenters. The largest absolute Gasteiger partial charge is 0.457 e. The molecule has 4 rings (SSSR count). The van der Waals surface area contributed by atoms with E-state index in [1.165, 1.54) is 6.92 Å². The van der Waals surface area contributed by atoms with Crippen LogP contribution in [-0.2, 0) is 24.0 Å². The lowest BCUT2D eigenvalue weighted by Crippen LogP contribution is -2.64. The van der Waals surface area contributed by atoms with Gasteiger partial charge in [0.05, 0.1) is 6.04 Å². The van der Waals surface area contributed by atoms with E-state index in [0.717, 1.165) is 6.20 Å². The van der Waals surface area contributed by atoms with Crippen molar-refractivity contribution < 1.29 is 33.5 Å². The number of halogens is 1. The smallest absolute Gasteiger partial charge is 0.323 e. The minimum atomic E-state index is -1.39. The predicted octanol–water partition coefficient (Wildman–Crippen LogP) is -2.01. The Labute approximate surface area is 296 Å². The summed E-state index contributed by atoms with van der Waals surface area (Å²) in [7, 11) is 0. The van der Waals surface area contributed by atoms with Crippen LogP contribution in [0.4, 0.5) is 10.5 Å². The van der Waals surface area contributed by atoms with Gasteiger partial charge in [-0.15, -0.1) is 0 Å². The summed E-state index contributed by atoms with van der Waals surface area (Å²) in [6, 6.07) is 6.29. The van der Waals surface area contributed by atoms with Crippen LogP contribution in [0.3, 0.4) is 0 Å². The lowest BCUT2D eigenvalue weighted by atomic mass is 10.0. The van der Waals surface area contributed by atoms with Crippen LogP contribution in [0.15, 0.2) is 60.4 Å². The average molecular weight is 727 g/mol. The number of urea groups is 1. The molecule has 2 heterocycles. The van der Waals surface area contributed by atoms with Crippen LogP contribution in [0.25, 0.3) is 0 Å². The molecule has 0 aromatic heterocycles. The molecule has 2 aromatic carbocycles. The SMILES string of the molecule is C[C@@H]1NC(=O)C(N)CNC(=O)[C@H](C2CCNC(=N)N2)NC(=O)/C(=C/NC(=O)Nc2ccc(Oc3ccc(Cl)cc3)cc2)NC(=O)[C@H](CN)NC1=O. The standard InChI is InChI=1S/C31H39ClN12O7/c1-15-25(45)41-22(12-33)27(47)42-23(14-38-31(50)40-17-4-8-19(9-5-17)51-18-6-2-16(32)3-7-18)28(48)44-24(21-10-11-36-30(35)43-21)29(49)37-13-20(34)26(46)39-15/h2-9,14-15,20-22,24H,10-13,33-34H2,1H3,(H,37,49)(H,39,46)(H,41,45)(H,42,47)(H,44,48)(H3,35,36,43)(H2,38,40,50)/b23-14-/t15-,20?,21?,22-,24-/m0/s1. The van der Waals surface area contributed by atoms with Crippen molar-refractivity contribution in [1.29, 1.82) is 5.41 Å². The fraction of sp³-hybridized carbons (Fsp3) is 0.323. The van der Waals surface area contributed by atoms with E-state index in [1.807, 2.05) is 0 Å². The maximum atomic E-state index is 13.7. The lowest BCUT2D eigenvalue weighted by molar-refractivity contribution is -0.132. The number of carbonyl (C=O) groups is 6. The van der Waals surface area contributed by atoms with Gasteiger partial charge in [-0.25, -0.2) is 4.79 Å². The van der Waals surface area contributed by atoms with Crippen molar-refractivity contribution in [3.05, 3.63) is 65.5 Å². The minimum Gasteiger partial charge on any atom is -0.457 e. The quantitative estimate of drug-likeness (QED) is 0.144. The number of nitrogens with two attached hydrogens (primary N) is 2. The molecule has 2 aliphatic heterocycles. The van der Waals surface area contributed by atoms with Gasteiger partial charge in [0.15, 0.2) is 5.96 Å². The summed E-state index contributed by atoms with van der Waals surface area (Å²) in [5.74, 6) is -3.36. The Kier molecular flexibility index (Phi) is 13.1. The molecular formula is C31H39ClN12O7. The first-order valence-electron chi connectivity index (χ1n) is 15.7. The number of guanidine groups is 1. The van der Waals surface area contributed by atoms with Gasteiger partial charge in [-0.2, -0.15) is 0 Å². The van der Waals surface area contributed by atoms with E-state index in [9.17, 15) is 28.8 Å². The molecule has 19 nitrogen and oxygen atoms in total. The third kappa shape index (κ3) is 11.0. The summed E-state index contributed by atoms with van der Waals surface area (Å²) < 4.78 is 5.75. The number of hydrogen-bond acceptors (Lipinski definition) is 10. The Hall–Kier alpha value is -5.92. The predicted molar refractivity (Wildman–Crippen MR) is 185 cm³/mol. The molecule has 0 saturated carbocycles. The van der Waals surface area contributed by atoms with Crippen molar-refractivity contribution in [3.8, 4) is 11.5 Å². The van der Waals surface area contributed by atoms with Gasteiger partial charge in [-0.1, -0.05) is 11.6 Å². The van der Waals surface area contributed by atoms with Crippen molar-refractivity contribution in [2.45, 2.75) is 43.6 Å². The molecule has 0 radical (unpaired) electrons. The number of rotatable bonds is 6. The fourth-order valence-corrected chi connectivity index (χ4v) is 4.86. The van der Waals surface area contributed by atoms with Crippen molar-refractivity contribution in [1.82, 2.24) is 42.5 Å². The van der Waals surface area contributed by atoms with Gasteiger partial charge in [-0.3, -0.25) is 29.4 Å². The van der Waals surface area contributed by atoms with Gasteiger partial charge in [-0.05, 0) is 61.9 Å². The molecule has 2 saturated heterocycles. The lowest BCUT2D eigenvalue weighted by Gasteiger charge is -2.33. The zero-order chi connectivity index (χ0) is 37.1. The molecule has 20 heteroatoms. The summed E-state index contributed by atoms with van der Waals surface area (Å²) in [6.07, 6.45) is 1.17. The molecule has 2 unspecified atom stereocenters. The molecule has 0 aliphatic carbocycles. The number of anilines is 1.